The number of nitrogens with one attached hydrogen (secondary N) is 1. The molecule has 2 aromatic heterocycles. The standard InChI is InChI=1S/C21H24N4O5S/c1-3-29-17-5-7-20(19(15-17)30-4-2)31(27,28)23-13-14-25-21(26)8-6-18(24-25)16-9-11-22-12-10-16/h5-12,15,23H,3-4,13-14H2,1-2H3. The molecule has 0 spiro atoms. The average molecular weight is 445 g/mol. The molecule has 0 aliphatic rings. The third-order valence-electron chi connectivity index (χ3n) is 4.27. The number of rotatable bonds is 10. The lowest BCUT2D eigenvalue weighted by Gasteiger charge is -2.14. The number of hydrogen-bond donors (Lipinski definition) is 1. The van der Waals surface area contributed by atoms with Crippen molar-refractivity contribution in [1.82, 2.24) is 19.5 Å². The Morgan fingerprint density at radius 3 is 2.45 bits per heavy atom. The zero-order valence-corrected chi connectivity index (χ0v) is 18.1. The highest BCUT2D eigenvalue weighted by Crippen LogP contribution is 2.28. The molecular formula is C21H24N4O5S. The number of nitrogens with zero attached hydrogens (tertiary/aromatic N) is 3. The predicted octanol–water partition coefficient (Wildman–Crippen LogP) is 2.08. The minimum Gasteiger partial charge on any atom is -0.494 e. The van der Waals surface area contributed by atoms with Crippen molar-refractivity contribution in [2.45, 2.75) is 25.3 Å². The van der Waals surface area contributed by atoms with Crippen LogP contribution >= 0.6 is 0 Å². The summed E-state index contributed by atoms with van der Waals surface area (Å²) in [6.45, 7) is 4.42. The number of benzene rings is 1. The van der Waals surface area contributed by atoms with Gasteiger partial charge in [-0.3, -0.25) is 9.78 Å². The Labute approximate surface area is 180 Å². The molecule has 10 heteroatoms. The molecular weight excluding hydrogens is 420 g/mol. The molecule has 0 radical (unpaired) electrons. The van der Waals surface area contributed by atoms with Gasteiger partial charge in [-0.2, -0.15) is 5.10 Å². The average Bonchev–Trinajstić information content (AvgIpc) is 2.76. The molecule has 0 amide bonds. The Morgan fingerprint density at radius 1 is 1.00 bits per heavy atom. The summed E-state index contributed by atoms with van der Waals surface area (Å²) < 4.78 is 40.3. The number of pyridine rings is 1. The molecule has 0 bridgehead atoms. The lowest BCUT2D eigenvalue weighted by Crippen LogP contribution is -2.32. The molecule has 0 aliphatic carbocycles. The third kappa shape index (κ3) is 5.68. The Balaban J connectivity index is 1.75. The molecule has 0 aliphatic heterocycles. The van der Waals surface area contributed by atoms with Gasteiger partial charge < -0.3 is 9.47 Å². The number of ether oxygens (including phenoxy) is 2. The minimum atomic E-state index is -3.87. The van der Waals surface area contributed by atoms with Crippen LogP contribution in [0.25, 0.3) is 11.3 Å². The Morgan fingerprint density at radius 2 is 1.74 bits per heavy atom. The van der Waals surface area contributed by atoms with Gasteiger partial charge in [0.2, 0.25) is 10.0 Å². The highest BCUT2D eigenvalue weighted by molar-refractivity contribution is 7.89. The van der Waals surface area contributed by atoms with Crippen LogP contribution in [0.4, 0.5) is 0 Å². The molecule has 1 N–H and O–H groups in total. The summed E-state index contributed by atoms with van der Waals surface area (Å²) in [6, 6.07) is 11.1. The van der Waals surface area contributed by atoms with E-state index in [1.54, 1.807) is 49.6 Å². The molecule has 1 aromatic carbocycles. The van der Waals surface area contributed by atoms with E-state index < -0.39 is 10.0 Å². The van der Waals surface area contributed by atoms with E-state index in [0.29, 0.717) is 24.7 Å². The van der Waals surface area contributed by atoms with Crippen molar-refractivity contribution < 1.29 is 17.9 Å². The number of aromatic nitrogens is 3. The molecule has 0 saturated heterocycles. The van der Waals surface area contributed by atoms with Crippen LogP contribution in [0.15, 0.2) is 64.5 Å². The van der Waals surface area contributed by atoms with Crippen molar-refractivity contribution >= 4 is 10.0 Å². The fourth-order valence-corrected chi connectivity index (χ4v) is 4.03. The quantitative estimate of drug-likeness (QED) is 0.509. The van der Waals surface area contributed by atoms with E-state index in [2.05, 4.69) is 14.8 Å². The molecule has 0 unspecified atom stereocenters. The second-order valence-corrected chi connectivity index (χ2v) is 8.12. The van der Waals surface area contributed by atoms with Crippen LogP contribution < -0.4 is 19.8 Å². The van der Waals surface area contributed by atoms with Gasteiger partial charge in [-0.05, 0) is 44.2 Å². The first-order valence-corrected chi connectivity index (χ1v) is 11.3. The van der Waals surface area contributed by atoms with Gasteiger partial charge in [0, 0.05) is 36.6 Å². The van der Waals surface area contributed by atoms with Gasteiger partial charge in [0.15, 0.2) is 0 Å². The maximum atomic E-state index is 12.8. The van der Waals surface area contributed by atoms with E-state index in [0.717, 1.165) is 5.56 Å². The molecule has 164 valence electrons. The summed E-state index contributed by atoms with van der Waals surface area (Å²) in [5, 5.41) is 4.31. The van der Waals surface area contributed by atoms with Crippen LogP contribution in [0.1, 0.15) is 13.8 Å². The lowest BCUT2D eigenvalue weighted by molar-refractivity contribution is 0.317. The number of sulfonamides is 1. The summed E-state index contributed by atoms with van der Waals surface area (Å²) in [4.78, 5) is 16.1. The van der Waals surface area contributed by atoms with Crippen molar-refractivity contribution in [3.8, 4) is 22.8 Å². The first-order chi connectivity index (χ1) is 14.9. The predicted molar refractivity (Wildman–Crippen MR) is 116 cm³/mol. The SMILES string of the molecule is CCOc1ccc(S(=O)(=O)NCCn2nc(-c3ccncc3)ccc2=O)c(OCC)c1. The van der Waals surface area contributed by atoms with E-state index in [9.17, 15) is 13.2 Å². The maximum absolute atomic E-state index is 12.8. The summed E-state index contributed by atoms with van der Waals surface area (Å²) in [7, 11) is -3.87. The largest absolute Gasteiger partial charge is 0.494 e. The van der Waals surface area contributed by atoms with Gasteiger partial charge in [-0.25, -0.2) is 17.8 Å². The lowest BCUT2D eigenvalue weighted by atomic mass is 10.2. The molecule has 0 fully saturated rings. The zero-order valence-electron chi connectivity index (χ0n) is 17.3. The fourth-order valence-electron chi connectivity index (χ4n) is 2.88. The minimum absolute atomic E-state index is 0.00338. The Kier molecular flexibility index (Phi) is 7.37. The smallest absolute Gasteiger partial charge is 0.266 e. The van der Waals surface area contributed by atoms with Crippen LogP contribution in [-0.2, 0) is 16.6 Å². The summed E-state index contributed by atoms with van der Waals surface area (Å²) in [5.74, 6) is 0.726. The van der Waals surface area contributed by atoms with Gasteiger partial charge in [-0.15, -0.1) is 0 Å². The summed E-state index contributed by atoms with van der Waals surface area (Å²) in [5.41, 5.74) is 1.07. The second kappa shape index (κ2) is 10.2. The van der Waals surface area contributed by atoms with Crippen molar-refractivity contribution in [3.63, 3.8) is 0 Å². The van der Waals surface area contributed by atoms with Gasteiger partial charge >= 0.3 is 0 Å². The molecule has 0 atom stereocenters. The third-order valence-corrected chi connectivity index (χ3v) is 5.77. The molecule has 31 heavy (non-hydrogen) atoms. The normalized spacial score (nSPS) is 11.3. The molecule has 3 aromatic rings. The van der Waals surface area contributed by atoms with E-state index in [-0.39, 0.29) is 29.3 Å². The van der Waals surface area contributed by atoms with Crippen molar-refractivity contribution in [1.29, 1.82) is 0 Å². The van der Waals surface area contributed by atoms with Gasteiger partial charge in [0.25, 0.3) is 5.56 Å². The fraction of sp³-hybridized carbons (Fsp3) is 0.286. The van der Waals surface area contributed by atoms with Crippen molar-refractivity contribution in [2.75, 3.05) is 19.8 Å². The number of hydrogen-bond acceptors (Lipinski definition) is 7. The zero-order chi connectivity index (χ0) is 22.3. The highest BCUT2D eigenvalue weighted by atomic mass is 32.2. The van der Waals surface area contributed by atoms with E-state index >= 15 is 0 Å². The second-order valence-electron chi connectivity index (χ2n) is 6.39. The topological polar surface area (TPSA) is 112 Å². The van der Waals surface area contributed by atoms with Gasteiger partial charge in [0.1, 0.15) is 16.4 Å². The summed E-state index contributed by atoms with van der Waals surface area (Å²) in [6.07, 6.45) is 3.26. The van der Waals surface area contributed by atoms with Crippen molar-refractivity contribution in [3.05, 3.63) is 65.2 Å². The van der Waals surface area contributed by atoms with Crippen LogP contribution in [0.5, 0.6) is 11.5 Å². The summed E-state index contributed by atoms with van der Waals surface area (Å²) >= 11 is 0. The van der Waals surface area contributed by atoms with Crippen LogP contribution in [0.2, 0.25) is 0 Å². The van der Waals surface area contributed by atoms with E-state index in [1.165, 1.54) is 16.8 Å². The molecule has 3 rings (SSSR count). The Bertz CT molecular complexity index is 1180. The Hall–Kier alpha value is -3.24. The van der Waals surface area contributed by atoms with Crippen LogP contribution in [0.3, 0.4) is 0 Å². The first kappa shape index (κ1) is 22.4. The monoisotopic (exact) mass is 444 g/mol. The van der Waals surface area contributed by atoms with E-state index in [1.807, 2.05) is 6.92 Å². The van der Waals surface area contributed by atoms with Gasteiger partial charge in [-0.1, -0.05) is 0 Å². The molecule has 2 heterocycles. The van der Waals surface area contributed by atoms with Gasteiger partial charge in [0.05, 0.1) is 25.5 Å². The van der Waals surface area contributed by atoms with Crippen LogP contribution in [-0.4, -0.2) is 42.9 Å². The molecule has 9 nitrogen and oxygen atoms in total. The van der Waals surface area contributed by atoms with Crippen LogP contribution in [0, 0.1) is 0 Å². The first-order valence-electron chi connectivity index (χ1n) is 9.82. The van der Waals surface area contributed by atoms with E-state index in [4.69, 9.17) is 9.47 Å². The molecule has 0 saturated carbocycles. The maximum Gasteiger partial charge on any atom is 0.266 e. The highest BCUT2D eigenvalue weighted by Gasteiger charge is 2.20. The van der Waals surface area contributed by atoms with Crippen molar-refractivity contribution in [2.24, 2.45) is 0 Å².